The highest BCUT2D eigenvalue weighted by Gasteiger charge is 2.36. The van der Waals surface area contributed by atoms with Crippen molar-refractivity contribution in [3.05, 3.63) is 41.4 Å². The summed E-state index contributed by atoms with van der Waals surface area (Å²) in [4.78, 5) is 11.2. The maximum atomic E-state index is 11.9. The van der Waals surface area contributed by atoms with Gasteiger partial charge < -0.3 is 5.73 Å². The zero-order chi connectivity index (χ0) is 12.2. The van der Waals surface area contributed by atoms with Gasteiger partial charge in [0.05, 0.1) is 5.03 Å². The maximum absolute atomic E-state index is 11.9. The molecule has 0 atom stereocenters. The Kier molecular flexibility index (Phi) is 4.00. The molecule has 0 amide bonds. The van der Waals surface area contributed by atoms with Crippen LogP contribution in [0.5, 0.6) is 0 Å². The Morgan fingerprint density at radius 3 is 2.31 bits per heavy atom. The Hall–Kier alpha value is -1.43. The van der Waals surface area contributed by atoms with Gasteiger partial charge in [0.2, 0.25) is 0 Å². The average Bonchev–Trinajstić information content (AvgIpc) is 2.17. The number of halogens is 3. The van der Waals surface area contributed by atoms with Gasteiger partial charge in [-0.3, -0.25) is 4.79 Å². The Labute approximate surface area is 94.3 Å². The van der Waals surface area contributed by atoms with Crippen LogP contribution < -0.4 is 5.73 Å². The van der Waals surface area contributed by atoms with Gasteiger partial charge in [-0.25, -0.2) is 0 Å². The minimum absolute atomic E-state index is 0.187. The van der Waals surface area contributed by atoms with E-state index in [1.807, 2.05) is 0 Å². The fourth-order valence-corrected chi connectivity index (χ4v) is 1.60. The molecule has 0 heterocycles. The highest BCUT2D eigenvalue weighted by atomic mass is 32.2. The fraction of sp³-hybridized carbons (Fsp3) is 0.100. The summed E-state index contributed by atoms with van der Waals surface area (Å²) >= 11 is 0.906. The number of benzene rings is 1. The zero-order valence-electron chi connectivity index (χ0n) is 7.99. The Bertz CT molecular complexity index is 400. The minimum Gasteiger partial charge on any atom is -0.393 e. The number of hydrogen-bond acceptors (Lipinski definition) is 3. The summed E-state index contributed by atoms with van der Waals surface area (Å²) < 4.78 is 35.7. The van der Waals surface area contributed by atoms with Crippen LogP contribution in [0, 0.1) is 0 Å². The first-order valence-corrected chi connectivity index (χ1v) is 5.02. The van der Waals surface area contributed by atoms with E-state index >= 15 is 0 Å². The van der Waals surface area contributed by atoms with Crippen LogP contribution in [0.2, 0.25) is 0 Å². The second-order valence-corrected chi connectivity index (χ2v) is 3.97. The van der Waals surface area contributed by atoms with E-state index in [9.17, 15) is 18.0 Å². The summed E-state index contributed by atoms with van der Waals surface area (Å²) in [6.45, 7) is 0. The van der Waals surface area contributed by atoms with Crippen molar-refractivity contribution in [2.24, 2.45) is 5.73 Å². The number of ketones is 1. The molecule has 0 aromatic heterocycles. The molecule has 0 unspecified atom stereocenters. The topological polar surface area (TPSA) is 43.1 Å². The monoisotopic (exact) mass is 247 g/mol. The van der Waals surface area contributed by atoms with Gasteiger partial charge in [0.15, 0.2) is 0 Å². The molecule has 1 aromatic carbocycles. The summed E-state index contributed by atoms with van der Waals surface area (Å²) in [5, 5.41) is -0.187. The Morgan fingerprint density at radius 1 is 1.25 bits per heavy atom. The molecule has 2 nitrogen and oxygen atoms in total. The van der Waals surface area contributed by atoms with Crippen LogP contribution in [0.25, 0.3) is 0 Å². The highest BCUT2D eigenvalue weighted by molar-refractivity contribution is 8.03. The van der Waals surface area contributed by atoms with Crippen molar-refractivity contribution in [3.8, 4) is 0 Å². The molecule has 0 bridgehead atoms. The normalized spacial score (nSPS) is 12.6. The highest BCUT2D eigenvalue weighted by Crippen LogP contribution is 2.24. The van der Waals surface area contributed by atoms with Gasteiger partial charge in [-0.15, -0.1) is 0 Å². The van der Waals surface area contributed by atoms with Crippen LogP contribution in [0.3, 0.4) is 0 Å². The van der Waals surface area contributed by atoms with E-state index < -0.39 is 12.0 Å². The molecular weight excluding hydrogens is 239 g/mol. The molecule has 0 aliphatic heterocycles. The summed E-state index contributed by atoms with van der Waals surface area (Å²) in [6, 6.07) is 8.58. The van der Waals surface area contributed by atoms with Gasteiger partial charge in [0.25, 0.3) is 5.78 Å². The molecule has 0 radical (unpaired) electrons. The van der Waals surface area contributed by atoms with Crippen molar-refractivity contribution in [1.82, 2.24) is 0 Å². The first-order chi connectivity index (χ1) is 7.39. The molecule has 86 valence electrons. The molecule has 1 aromatic rings. The first-order valence-electron chi connectivity index (χ1n) is 4.21. The van der Waals surface area contributed by atoms with Crippen molar-refractivity contribution in [3.63, 3.8) is 0 Å². The molecule has 0 saturated heterocycles. The number of alkyl halides is 3. The number of allylic oxidation sites excluding steroid dienone is 1. The zero-order valence-corrected chi connectivity index (χ0v) is 8.81. The van der Waals surface area contributed by atoms with Crippen LogP contribution in [0.1, 0.15) is 0 Å². The standard InChI is InChI=1S/C10H8F3NOS/c11-10(12,13)8(15)6-9(14)16-7-4-2-1-3-5-7/h1-6H,14H2/b9-6+. The predicted molar refractivity (Wildman–Crippen MR) is 55.6 cm³/mol. The van der Waals surface area contributed by atoms with Crippen molar-refractivity contribution in [1.29, 1.82) is 0 Å². The number of thioether (sulfide) groups is 1. The van der Waals surface area contributed by atoms with Gasteiger partial charge >= 0.3 is 6.18 Å². The minimum atomic E-state index is -4.87. The molecular formula is C10H8F3NOS. The van der Waals surface area contributed by atoms with Gasteiger partial charge in [0, 0.05) is 11.0 Å². The van der Waals surface area contributed by atoms with Crippen molar-refractivity contribution < 1.29 is 18.0 Å². The molecule has 16 heavy (non-hydrogen) atoms. The molecule has 6 heteroatoms. The van der Waals surface area contributed by atoms with Crippen molar-refractivity contribution in [2.45, 2.75) is 11.1 Å². The molecule has 0 saturated carbocycles. The van der Waals surface area contributed by atoms with Gasteiger partial charge in [-0.2, -0.15) is 13.2 Å². The molecule has 0 aliphatic rings. The van der Waals surface area contributed by atoms with E-state index in [-0.39, 0.29) is 5.03 Å². The van der Waals surface area contributed by atoms with Gasteiger partial charge in [0.1, 0.15) is 0 Å². The average molecular weight is 247 g/mol. The number of rotatable bonds is 3. The smallest absolute Gasteiger partial charge is 0.393 e. The maximum Gasteiger partial charge on any atom is 0.454 e. The number of hydrogen-bond donors (Lipinski definition) is 1. The third-order valence-corrected chi connectivity index (χ3v) is 2.39. The molecule has 0 spiro atoms. The SMILES string of the molecule is N/C(=C\C(=O)C(F)(F)F)Sc1ccccc1. The van der Waals surface area contributed by atoms with Crippen LogP contribution in [-0.2, 0) is 4.79 Å². The third kappa shape index (κ3) is 3.98. The van der Waals surface area contributed by atoms with Crippen molar-refractivity contribution in [2.75, 3.05) is 0 Å². The number of nitrogens with two attached hydrogens (primary N) is 1. The summed E-state index contributed by atoms with van der Waals surface area (Å²) in [6.07, 6.45) is -4.49. The van der Waals surface area contributed by atoms with Crippen molar-refractivity contribution >= 4 is 17.5 Å². The van der Waals surface area contributed by atoms with E-state index in [2.05, 4.69) is 0 Å². The molecule has 2 N–H and O–H groups in total. The lowest BCUT2D eigenvalue weighted by molar-refractivity contribution is -0.165. The first kappa shape index (κ1) is 12.6. The van der Waals surface area contributed by atoms with Crippen LogP contribution in [0.15, 0.2) is 46.3 Å². The molecule has 1 rings (SSSR count). The number of carbonyl (C=O) groups excluding carboxylic acids is 1. The largest absolute Gasteiger partial charge is 0.454 e. The summed E-state index contributed by atoms with van der Waals surface area (Å²) in [7, 11) is 0. The summed E-state index contributed by atoms with van der Waals surface area (Å²) in [5.41, 5.74) is 5.31. The number of carbonyl (C=O) groups is 1. The van der Waals surface area contributed by atoms with E-state index in [1.54, 1.807) is 30.3 Å². The van der Waals surface area contributed by atoms with E-state index in [0.717, 1.165) is 11.8 Å². The van der Waals surface area contributed by atoms with Gasteiger partial charge in [-0.1, -0.05) is 30.0 Å². The molecule has 0 aliphatic carbocycles. The van der Waals surface area contributed by atoms with Crippen LogP contribution >= 0.6 is 11.8 Å². The lowest BCUT2D eigenvalue weighted by Crippen LogP contribution is -2.21. The Morgan fingerprint density at radius 2 is 1.81 bits per heavy atom. The lowest BCUT2D eigenvalue weighted by atomic mass is 10.4. The van der Waals surface area contributed by atoms with Gasteiger partial charge in [-0.05, 0) is 12.1 Å². The Balaban J connectivity index is 2.70. The van der Waals surface area contributed by atoms with Crippen LogP contribution in [-0.4, -0.2) is 12.0 Å². The molecule has 0 fully saturated rings. The van der Waals surface area contributed by atoms with E-state index in [0.29, 0.717) is 11.0 Å². The van der Waals surface area contributed by atoms with Crippen LogP contribution in [0.4, 0.5) is 13.2 Å². The van der Waals surface area contributed by atoms with E-state index in [4.69, 9.17) is 5.73 Å². The lowest BCUT2D eigenvalue weighted by Gasteiger charge is -2.03. The second-order valence-electron chi connectivity index (χ2n) is 2.82. The quantitative estimate of drug-likeness (QED) is 0.659. The fourth-order valence-electron chi connectivity index (χ4n) is 0.865. The van der Waals surface area contributed by atoms with E-state index in [1.165, 1.54) is 0 Å². The summed E-state index contributed by atoms with van der Waals surface area (Å²) in [5.74, 6) is -1.95. The second kappa shape index (κ2) is 5.07. The third-order valence-electron chi connectivity index (χ3n) is 1.53. The predicted octanol–water partition coefficient (Wildman–Crippen LogP) is 2.71.